The molecule has 2 fully saturated rings. The number of piperidine rings is 1. The van der Waals surface area contributed by atoms with E-state index in [1.165, 1.54) is 18.2 Å². The Morgan fingerprint density at radius 2 is 1.93 bits per heavy atom. The minimum Gasteiger partial charge on any atom is -0.444 e. The van der Waals surface area contributed by atoms with Gasteiger partial charge in [0, 0.05) is 11.5 Å². The quantitative estimate of drug-likeness (QED) is 0.741. The van der Waals surface area contributed by atoms with E-state index in [0.29, 0.717) is 31.6 Å². The molecule has 2 atom stereocenters. The van der Waals surface area contributed by atoms with Gasteiger partial charge in [-0.25, -0.2) is 9.18 Å². The van der Waals surface area contributed by atoms with Crippen LogP contribution in [0.25, 0.3) is 0 Å². The fourth-order valence-electron chi connectivity index (χ4n) is 3.98. The topological polar surface area (TPSA) is 79.6 Å². The smallest absolute Gasteiger partial charge is 0.410 e. The van der Waals surface area contributed by atoms with E-state index < -0.39 is 17.5 Å². The zero-order valence-corrected chi connectivity index (χ0v) is 16.4. The molecule has 28 heavy (non-hydrogen) atoms. The summed E-state index contributed by atoms with van der Waals surface area (Å²) in [6, 6.07) is 5.46. The number of nitrogens with zero attached hydrogens (tertiary/aromatic N) is 2. The number of hydrogen-bond acceptors (Lipinski definition) is 5. The molecule has 1 aromatic carbocycles. The van der Waals surface area contributed by atoms with Crippen LogP contribution in [0.1, 0.15) is 49.5 Å². The maximum atomic E-state index is 13.7. The molecule has 2 saturated heterocycles. The number of amides is 1. The van der Waals surface area contributed by atoms with Crippen LogP contribution in [0.4, 0.5) is 9.18 Å². The highest BCUT2D eigenvalue weighted by atomic mass is 19.1. The fourth-order valence-corrected chi connectivity index (χ4v) is 3.98. The first-order valence-electron chi connectivity index (χ1n) is 9.48. The van der Waals surface area contributed by atoms with Crippen LogP contribution in [0.15, 0.2) is 18.2 Å². The predicted octanol–water partition coefficient (Wildman–Crippen LogP) is 3.49. The van der Waals surface area contributed by atoms with Crippen molar-refractivity contribution in [2.24, 2.45) is 5.92 Å². The number of carbonyl (C=O) groups is 2. The van der Waals surface area contributed by atoms with Crippen molar-refractivity contribution < 1.29 is 23.5 Å². The third kappa shape index (κ3) is 4.33. The van der Waals surface area contributed by atoms with Gasteiger partial charge in [-0.3, -0.25) is 9.69 Å². The zero-order valence-electron chi connectivity index (χ0n) is 16.4. The van der Waals surface area contributed by atoms with Crippen LogP contribution in [0.3, 0.4) is 0 Å². The Kier molecular flexibility index (Phi) is 5.71. The average Bonchev–Trinajstić information content (AvgIpc) is 2.60. The molecule has 2 aliphatic heterocycles. The van der Waals surface area contributed by atoms with E-state index in [1.807, 2.05) is 26.8 Å². The van der Waals surface area contributed by atoms with Gasteiger partial charge in [0.1, 0.15) is 11.4 Å². The highest BCUT2D eigenvalue weighted by Crippen LogP contribution is 2.35. The number of benzene rings is 1. The number of ketones is 1. The Morgan fingerprint density at radius 3 is 2.50 bits per heavy atom. The Labute approximate surface area is 164 Å². The summed E-state index contributed by atoms with van der Waals surface area (Å²) >= 11 is 0. The summed E-state index contributed by atoms with van der Waals surface area (Å²) in [4.78, 5) is 27.5. The second-order valence-corrected chi connectivity index (χ2v) is 8.40. The number of halogens is 1. The van der Waals surface area contributed by atoms with E-state index in [0.717, 1.165) is 0 Å². The maximum absolute atomic E-state index is 13.7. The normalized spacial score (nSPS) is 24.4. The molecule has 3 rings (SSSR count). The van der Waals surface area contributed by atoms with Gasteiger partial charge in [-0.15, -0.1) is 0 Å². The summed E-state index contributed by atoms with van der Waals surface area (Å²) in [5.74, 6) is -1.03. The second-order valence-electron chi connectivity index (χ2n) is 8.40. The molecule has 0 saturated carbocycles. The first-order valence-corrected chi connectivity index (χ1v) is 9.48. The lowest BCUT2D eigenvalue weighted by Gasteiger charge is -2.47. The second kappa shape index (κ2) is 7.88. The molecule has 6 nitrogen and oxygen atoms in total. The lowest BCUT2D eigenvalue weighted by atomic mass is 9.80. The number of Topliss-reactive ketones (excluding diaryl/α,β-unsaturated/α-hetero) is 1. The molecule has 2 aliphatic rings. The zero-order chi connectivity index (χ0) is 20.5. The number of fused-ring (bicyclic) bond motifs is 2. The van der Waals surface area contributed by atoms with E-state index >= 15 is 0 Å². The third-order valence-electron chi connectivity index (χ3n) is 5.10. The number of ether oxygens (including phenoxy) is 2. The Morgan fingerprint density at radius 1 is 1.29 bits per heavy atom. The van der Waals surface area contributed by atoms with Crippen molar-refractivity contribution in [3.63, 3.8) is 0 Å². The van der Waals surface area contributed by atoms with Crippen molar-refractivity contribution in [3.8, 4) is 6.07 Å². The standard InChI is InChI=1S/C21H25FN2O4/c1-21(2,3)28-20(26)24-16-8-14(9-17(24)12-27-11-16)19(25)18-10-15(22)5-4-13(18)6-7-23/h4-5,10,14,16-17H,6,8-9,11-12H2,1-3H3. The molecule has 1 amide bonds. The SMILES string of the molecule is CC(C)(C)OC(=O)N1C2COCC1CC(C(=O)c1cc(F)ccc1CC#N)C2. The van der Waals surface area contributed by atoms with Crippen molar-refractivity contribution in [2.75, 3.05) is 13.2 Å². The van der Waals surface area contributed by atoms with Crippen LogP contribution in [0.5, 0.6) is 0 Å². The van der Waals surface area contributed by atoms with Gasteiger partial charge in [0.25, 0.3) is 0 Å². The Bertz CT molecular complexity index is 798. The lowest BCUT2D eigenvalue weighted by molar-refractivity contribution is -0.0861. The molecule has 0 N–H and O–H groups in total. The largest absolute Gasteiger partial charge is 0.444 e. The van der Waals surface area contributed by atoms with Gasteiger partial charge in [-0.05, 0) is 51.3 Å². The molecule has 7 heteroatoms. The molecule has 2 bridgehead atoms. The fraction of sp³-hybridized carbons (Fsp3) is 0.571. The molecular formula is C21H25FN2O4. The van der Waals surface area contributed by atoms with Crippen LogP contribution in [-0.4, -0.2) is 47.7 Å². The number of nitriles is 1. The van der Waals surface area contributed by atoms with Gasteiger partial charge in [0.05, 0.1) is 37.8 Å². The molecule has 2 unspecified atom stereocenters. The van der Waals surface area contributed by atoms with Crippen LogP contribution in [0, 0.1) is 23.1 Å². The molecule has 0 aromatic heterocycles. The summed E-state index contributed by atoms with van der Waals surface area (Å²) < 4.78 is 24.9. The number of hydrogen-bond donors (Lipinski definition) is 0. The molecule has 0 radical (unpaired) electrons. The average molecular weight is 388 g/mol. The van der Waals surface area contributed by atoms with Gasteiger partial charge in [0.15, 0.2) is 5.78 Å². The lowest BCUT2D eigenvalue weighted by Crippen LogP contribution is -2.60. The highest BCUT2D eigenvalue weighted by molar-refractivity contribution is 5.99. The van der Waals surface area contributed by atoms with Crippen LogP contribution >= 0.6 is 0 Å². The first-order chi connectivity index (χ1) is 13.2. The maximum Gasteiger partial charge on any atom is 0.410 e. The molecule has 150 valence electrons. The van der Waals surface area contributed by atoms with E-state index in [9.17, 15) is 14.0 Å². The number of morpholine rings is 1. The van der Waals surface area contributed by atoms with Crippen LogP contribution in [0.2, 0.25) is 0 Å². The minimum absolute atomic E-state index is 0.0497. The summed E-state index contributed by atoms with van der Waals surface area (Å²) in [5, 5.41) is 9.00. The third-order valence-corrected chi connectivity index (χ3v) is 5.10. The molecular weight excluding hydrogens is 363 g/mol. The molecule has 2 heterocycles. The summed E-state index contributed by atoms with van der Waals surface area (Å²) in [6.45, 7) is 6.12. The predicted molar refractivity (Wildman–Crippen MR) is 99.2 cm³/mol. The van der Waals surface area contributed by atoms with Crippen molar-refractivity contribution in [2.45, 2.75) is 57.7 Å². The molecule has 0 spiro atoms. The summed E-state index contributed by atoms with van der Waals surface area (Å²) in [6.07, 6.45) is 0.509. The molecule has 1 aromatic rings. The first kappa shape index (κ1) is 20.3. The van der Waals surface area contributed by atoms with Gasteiger partial charge in [0.2, 0.25) is 0 Å². The Hall–Kier alpha value is -2.46. The molecule has 0 aliphatic carbocycles. The van der Waals surface area contributed by atoms with E-state index in [1.54, 1.807) is 4.90 Å². The van der Waals surface area contributed by atoms with Gasteiger partial charge < -0.3 is 9.47 Å². The van der Waals surface area contributed by atoms with Crippen molar-refractivity contribution in [3.05, 3.63) is 35.1 Å². The van der Waals surface area contributed by atoms with Crippen molar-refractivity contribution >= 4 is 11.9 Å². The van der Waals surface area contributed by atoms with Crippen molar-refractivity contribution in [1.82, 2.24) is 4.90 Å². The number of carbonyl (C=O) groups excluding carboxylic acids is 2. The minimum atomic E-state index is -0.604. The monoisotopic (exact) mass is 388 g/mol. The summed E-state index contributed by atoms with van der Waals surface area (Å²) in [5.41, 5.74) is 0.188. The van der Waals surface area contributed by atoms with Gasteiger partial charge in [-0.1, -0.05) is 6.07 Å². The van der Waals surface area contributed by atoms with E-state index in [2.05, 4.69) is 0 Å². The Balaban J connectivity index is 1.81. The van der Waals surface area contributed by atoms with Crippen LogP contribution in [-0.2, 0) is 15.9 Å². The summed E-state index contributed by atoms with van der Waals surface area (Å²) in [7, 11) is 0. The van der Waals surface area contributed by atoms with E-state index in [4.69, 9.17) is 14.7 Å². The van der Waals surface area contributed by atoms with Gasteiger partial charge in [-0.2, -0.15) is 5.26 Å². The van der Waals surface area contributed by atoms with Crippen molar-refractivity contribution in [1.29, 1.82) is 5.26 Å². The number of rotatable bonds is 3. The highest BCUT2D eigenvalue weighted by Gasteiger charge is 2.45. The van der Waals surface area contributed by atoms with Crippen LogP contribution < -0.4 is 0 Å². The van der Waals surface area contributed by atoms with E-state index in [-0.39, 0.29) is 35.8 Å². The van der Waals surface area contributed by atoms with Gasteiger partial charge >= 0.3 is 6.09 Å².